The molecule has 0 bridgehead atoms. The molecule has 0 saturated heterocycles. The van der Waals surface area contributed by atoms with Crippen LogP contribution in [0, 0.1) is 0 Å². The van der Waals surface area contributed by atoms with Crippen molar-refractivity contribution in [3.05, 3.63) is 17.8 Å². The van der Waals surface area contributed by atoms with Crippen LogP contribution in [0.25, 0.3) is 10.9 Å². The van der Waals surface area contributed by atoms with Gasteiger partial charge in [0.05, 0.1) is 26.8 Å². The Bertz CT molecular complexity index is 678. The third-order valence-electron chi connectivity index (χ3n) is 3.67. The third-order valence-corrected chi connectivity index (χ3v) is 3.67. The van der Waals surface area contributed by atoms with Gasteiger partial charge in [0, 0.05) is 17.5 Å². The van der Waals surface area contributed by atoms with Gasteiger partial charge in [-0.2, -0.15) is 0 Å². The summed E-state index contributed by atoms with van der Waals surface area (Å²) in [4.78, 5) is 15.4. The van der Waals surface area contributed by atoms with Gasteiger partial charge in [-0.05, 0) is 19.4 Å². The van der Waals surface area contributed by atoms with Crippen molar-refractivity contribution in [2.24, 2.45) is 0 Å². The van der Waals surface area contributed by atoms with E-state index in [1.807, 2.05) is 13.8 Å². The third kappa shape index (κ3) is 2.81. The molecule has 6 heteroatoms. The summed E-state index contributed by atoms with van der Waals surface area (Å²) >= 11 is 0. The largest absolute Gasteiger partial charge is 0.496 e. The number of carbonyl (C=O) groups excluding carboxylic acids is 1. The van der Waals surface area contributed by atoms with Crippen LogP contribution in [-0.4, -0.2) is 38.3 Å². The molecule has 0 radical (unpaired) electrons. The predicted molar refractivity (Wildman–Crippen MR) is 85.2 cm³/mol. The van der Waals surface area contributed by atoms with Gasteiger partial charge in [-0.15, -0.1) is 0 Å². The number of fused-ring (bicyclic) bond motifs is 1. The number of aromatic amines is 1. The molecule has 1 unspecified atom stereocenters. The molecule has 2 N–H and O–H groups in total. The Morgan fingerprint density at radius 1 is 1.18 bits per heavy atom. The smallest absolute Gasteiger partial charge is 0.267 e. The predicted octanol–water partition coefficient (Wildman–Crippen LogP) is 2.72. The molecular weight excluding hydrogens is 284 g/mol. The van der Waals surface area contributed by atoms with Crippen molar-refractivity contribution in [2.45, 2.75) is 26.3 Å². The lowest BCUT2D eigenvalue weighted by molar-refractivity contribution is 0.0935. The first kappa shape index (κ1) is 16.0. The average molecular weight is 306 g/mol. The molecule has 1 aromatic carbocycles. The molecule has 1 atom stereocenters. The van der Waals surface area contributed by atoms with Gasteiger partial charge in [0.1, 0.15) is 11.4 Å². The normalized spacial score (nSPS) is 12.0. The number of amides is 1. The van der Waals surface area contributed by atoms with Crippen molar-refractivity contribution < 1.29 is 19.0 Å². The first-order chi connectivity index (χ1) is 10.5. The fourth-order valence-corrected chi connectivity index (χ4v) is 2.26. The summed E-state index contributed by atoms with van der Waals surface area (Å²) in [6, 6.07) is 3.61. The van der Waals surface area contributed by atoms with Crippen LogP contribution in [0.5, 0.6) is 17.2 Å². The van der Waals surface area contributed by atoms with Crippen LogP contribution in [0.4, 0.5) is 0 Å². The van der Waals surface area contributed by atoms with E-state index >= 15 is 0 Å². The zero-order valence-electron chi connectivity index (χ0n) is 13.6. The van der Waals surface area contributed by atoms with Crippen LogP contribution in [0.2, 0.25) is 0 Å². The first-order valence-electron chi connectivity index (χ1n) is 7.18. The van der Waals surface area contributed by atoms with Gasteiger partial charge in [-0.1, -0.05) is 6.92 Å². The average Bonchev–Trinajstić information content (AvgIpc) is 2.97. The number of rotatable bonds is 6. The molecule has 2 rings (SSSR count). The van der Waals surface area contributed by atoms with Gasteiger partial charge in [0.2, 0.25) is 0 Å². The summed E-state index contributed by atoms with van der Waals surface area (Å²) in [5.74, 6) is 1.54. The van der Waals surface area contributed by atoms with Crippen molar-refractivity contribution in [3.8, 4) is 17.2 Å². The molecule has 2 aromatic rings. The van der Waals surface area contributed by atoms with E-state index in [0.29, 0.717) is 28.5 Å². The standard InChI is InChI=1S/C16H22N2O4/c1-6-9(2)17-16(19)11-7-10-12(20-3)8-13(21-4)15(22-5)14(10)18-11/h7-9,18H,6H2,1-5H3,(H,17,19). The second-order valence-electron chi connectivity index (χ2n) is 5.07. The first-order valence-corrected chi connectivity index (χ1v) is 7.18. The van der Waals surface area contributed by atoms with Gasteiger partial charge in [0.15, 0.2) is 11.5 Å². The molecule has 1 aromatic heterocycles. The molecular formula is C16H22N2O4. The molecule has 22 heavy (non-hydrogen) atoms. The Labute approximate surface area is 129 Å². The van der Waals surface area contributed by atoms with E-state index < -0.39 is 0 Å². The summed E-state index contributed by atoms with van der Waals surface area (Å²) in [7, 11) is 4.69. The summed E-state index contributed by atoms with van der Waals surface area (Å²) in [5, 5.41) is 3.70. The van der Waals surface area contributed by atoms with E-state index in [0.717, 1.165) is 11.8 Å². The van der Waals surface area contributed by atoms with Crippen LogP contribution in [-0.2, 0) is 0 Å². The molecule has 6 nitrogen and oxygen atoms in total. The van der Waals surface area contributed by atoms with Crippen LogP contribution in [0.15, 0.2) is 12.1 Å². The maximum Gasteiger partial charge on any atom is 0.267 e. The van der Waals surface area contributed by atoms with Crippen LogP contribution in [0.1, 0.15) is 30.8 Å². The number of hydrogen-bond acceptors (Lipinski definition) is 4. The van der Waals surface area contributed by atoms with Crippen LogP contribution >= 0.6 is 0 Å². The van der Waals surface area contributed by atoms with E-state index in [1.54, 1.807) is 33.5 Å². The minimum Gasteiger partial charge on any atom is -0.496 e. The van der Waals surface area contributed by atoms with Gasteiger partial charge in [-0.25, -0.2) is 0 Å². The minimum absolute atomic E-state index is 0.109. The quantitative estimate of drug-likeness (QED) is 0.860. The van der Waals surface area contributed by atoms with Crippen molar-refractivity contribution >= 4 is 16.8 Å². The van der Waals surface area contributed by atoms with Crippen molar-refractivity contribution in [1.29, 1.82) is 0 Å². The number of carbonyl (C=O) groups is 1. The van der Waals surface area contributed by atoms with E-state index in [-0.39, 0.29) is 11.9 Å². The monoisotopic (exact) mass is 306 g/mol. The number of hydrogen-bond donors (Lipinski definition) is 2. The van der Waals surface area contributed by atoms with Gasteiger partial charge < -0.3 is 24.5 Å². The molecule has 0 aliphatic heterocycles. The van der Waals surface area contributed by atoms with E-state index in [4.69, 9.17) is 14.2 Å². The maximum atomic E-state index is 12.3. The number of benzene rings is 1. The van der Waals surface area contributed by atoms with Crippen molar-refractivity contribution in [3.63, 3.8) is 0 Å². The summed E-state index contributed by atoms with van der Waals surface area (Å²) in [5.41, 5.74) is 1.13. The Morgan fingerprint density at radius 2 is 1.86 bits per heavy atom. The Hall–Kier alpha value is -2.37. The lowest BCUT2D eigenvalue weighted by atomic mass is 10.2. The molecule has 0 fully saturated rings. The van der Waals surface area contributed by atoms with Crippen molar-refractivity contribution in [1.82, 2.24) is 10.3 Å². The highest BCUT2D eigenvalue weighted by Gasteiger charge is 2.19. The lowest BCUT2D eigenvalue weighted by Gasteiger charge is -2.11. The number of nitrogens with one attached hydrogen (secondary N) is 2. The number of methoxy groups -OCH3 is 3. The molecule has 1 heterocycles. The lowest BCUT2D eigenvalue weighted by Crippen LogP contribution is -2.32. The fraction of sp³-hybridized carbons (Fsp3) is 0.438. The fourth-order valence-electron chi connectivity index (χ4n) is 2.26. The highest BCUT2D eigenvalue weighted by molar-refractivity contribution is 6.02. The Morgan fingerprint density at radius 3 is 2.41 bits per heavy atom. The van der Waals surface area contributed by atoms with Gasteiger partial charge >= 0.3 is 0 Å². The maximum absolute atomic E-state index is 12.3. The molecule has 0 aliphatic carbocycles. The molecule has 1 amide bonds. The zero-order chi connectivity index (χ0) is 16.3. The molecule has 0 aliphatic rings. The Balaban J connectivity index is 2.54. The molecule has 120 valence electrons. The second kappa shape index (κ2) is 6.60. The minimum atomic E-state index is -0.159. The zero-order valence-corrected chi connectivity index (χ0v) is 13.6. The van der Waals surface area contributed by atoms with E-state index in [1.165, 1.54) is 0 Å². The van der Waals surface area contributed by atoms with E-state index in [9.17, 15) is 4.79 Å². The summed E-state index contributed by atoms with van der Waals surface area (Å²) in [6.45, 7) is 3.98. The van der Waals surface area contributed by atoms with Gasteiger partial charge in [0.25, 0.3) is 5.91 Å². The molecule has 0 spiro atoms. The number of H-pyrrole nitrogens is 1. The van der Waals surface area contributed by atoms with Gasteiger partial charge in [-0.3, -0.25) is 4.79 Å². The Kier molecular flexibility index (Phi) is 4.80. The van der Waals surface area contributed by atoms with Crippen LogP contribution < -0.4 is 19.5 Å². The van der Waals surface area contributed by atoms with Crippen molar-refractivity contribution in [2.75, 3.05) is 21.3 Å². The SMILES string of the molecule is CCC(C)NC(=O)c1cc2c(OC)cc(OC)c(OC)c2[nH]1. The topological polar surface area (TPSA) is 72.6 Å². The summed E-state index contributed by atoms with van der Waals surface area (Å²) < 4.78 is 16.1. The second-order valence-corrected chi connectivity index (χ2v) is 5.07. The number of ether oxygens (including phenoxy) is 3. The van der Waals surface area contributed by atoms with E-state index in [2.05, 4.69) is 10.3 Å². The highest BCUT2D eigenvalue weighted by Crippen LogP contribution is 2.41. The number of aromatic nitrogens is 1. The highest BCUT2D eigenvalue weighted by atomic mass is 16.5. The molecule has 0 saturated carbocycles. The summed E-state index contributed by atoms with van der Waals surface area (Å²) in [6.07, 6.45) is 0.867. The van der Waals surface area contributed by atoms with Crippen LogP contribution in [0.3, 0.4) is 0 Å².